The summed E-state index contributed by atoms with van der Waals surface area (Å²) in [6, 6.07) is 16.6. The van der Waals surface area contributed by atoms with Gasteiger partial charge in [0, 0.05) is 11.5 Å². The molecule has 4 nitrogen and oxygen atoms in total. The molecule has 1 aliphatic carbocycles. The fourth-order valence-electron chi connectivity index (χ4n) is 5.12. The van der Waals surface area contributed by atoms with E-state index in [0.717, 1.165) is 33.4 Å². The van der Waals surface area contributed by atoms with Gasteiger partial charge >= 0.3 is 0 Å². The summed E-state index contributed by atoms with van der Waals surface area (Å²) in [5, 5.41) is 11.9. The summed E-state index contributed by atoms with van der Waals surface area (Å²) in [6.07, 6.45) is -0.294. The van der Waals surface area contributed by atoms with Crippen molar-refractivity contribution in [3.8, 4) is 11.5 Å². The molecule has 0 spiro atoms. The van der Waals surface area contributed by atoms with Gasteiger partial charge in [-0.05, 0) is 66.8 Å². The van der Waals surface area contributed by atoms with Gasteiger partial charge in [0.05, 0.1) is 25.9 Å². The lowest BCUT2D eigenvalue weighted by molar-refractivity contribution is -0.205. The van der Waals surface area contributed by atoms with E-state index in [-0.39, 0.29) is 12.0 Å². The molecule has 0 fully saturated rings. The highest BCUT2D eigenvalue weighted by Crippen LogP contribution is 2.61. The number of aryl methyl sites for hydroxylation is 3. The zero-order valence-corrected chi connectivity index (χ0v) is 17.9. The van der Waals surface area contributed by atoms with Crippen LogP contribution in [0.1, 0.15) is 56.5 Å². The van der Waals surface area contributed by atoms with Gasteiger partial charge in [0.15, 0.2) is 0 Å². The Balaban J connectivity index is 1.87. The van der Waals surface area contributed by atoms with Crippen LogP contribution < -0.4 is 9.47 Å². The van der Waals surface area contributed by atoms with E-state index >= 15 is 0 Å². The van der Waals surface area contributed by atoms with Gasteiger partial charge in [-0.3, -0.25) is 0 Å². The number of hydrogen-bond donors (Lipinski definition) is 1. The molecular weight excluding hydrogens is 376 g/mol. The van der Waals surface area contributed by atoms with Gasteiger partial charge < -0.3 is 19.3 Å². The van der Waals surface area contributed by atoms with E-state index in [1.807, 2.05) is 25.1 Å². The quantitative estimate of drug-likeness (QED) is 0.667. The Bertz CT molecular complexity index is 1150. The lowest BCUT2D eigenvalue weighted by Gasteiger charge is -2.38. The Morgan fingerprint density at radius 3 is 2.30 bits per heavy atom. The molecule has 0 saturated heterocycles. The summed E-state index contributed by atoms with van der Waals surface area (Å²) < 4.78 is 17.7. The van der Waals surface area contributed by atoms with Gasteiger partial charge in [-0.25, -0.2) is 0 Å². The Hall–Kier alpha value is -2.82. The van der Waals surface area contributed by atoms with Crippen LogP contribution in [-0.4, -0.2) is 19.3 Å². The molecule has 1 heterocycles. The third-order valence-corrected chi connectivity index (χ3v) is 6.45. The van der Waals surface area contributed by atoms with Gasteiger partial charge in [-0.2, -0.15) is 0 Å². The molecule has 30 heavy (non-hydrogen) atoms. The molecule has 3 atom stereocenters. The monoisotopic (exact) mass is 402 g/mol. The van der Waals surface area contributed by atoms with Crippen molar-refractivity contribution in [1.29, 1.82) is 0 Å². The molecule has 1 aliphatic heterocycles. The van der Waals surface area contributed by atoms with E-state index in [9.17, 15) is 5.11 Å². The molecule has 154 valence electrons. The topological polar surface area (TPSA) is 47.9 Å². The van der Waals surface area contributed by atoms with Crippen LogP contribution in [0.5, 0.6) is 11.5 Å². The number of methoxy groups -OCH3 is 2. The van der Waals surface area contributed by atoms with Crippen molar-refractivity contribution in [3.05, 3.63) is 93.0 Å². The molecule has 3 aromatic rings. The van der Waals surface area contributed by atoms with Gasteiger partial charge in [0.2, 0.25) is 5.79 Å². The maximum atomic E-state index is 11.9. The van der Waals surface area contributed by atoms with Crippen molar-refractivity contribution in [3.63, 3.8) is 0 Å². The normalized spacial score (nSPS) is 23.7. The van der Waals surface area contributed by atoms with Crippen LogP contribution in [0.3, 0.4) is 0 Å². The van der Waals surface area contributed by atoms with Crippen LogP contribution in [-0.2, 0) is 10.5 Å². The number of ether oxygens (including phenoxy) is 3. The first-order chi connectivity index (χ1) is 14.4. The minimum absolute atomic E-state index is 0.0528. The molecule has 0 aromatic heterocycles. The zero-order valence-electron chi connectivity index (χ0n) is 17.9. The third kappa shape index (κ3) is 2.54. The fourth-order valence-corrected chi connectivity index (χ4v) is 5.12. The summed E-state index contributed by atoms with van der Waals surface area (Å²) in [7, 11) is 3.28. The summed E-state index contributed by atoms with van der Waals surface area (Å²) >= 11 is 0. The predicted octanol–water partition coefficient (Wildman–Crippen LogP) is 5.04. The van der Waals surface area contributed by atoms with E-state index in [4.69, 9.17) is 14.2 Å². The molecule has 0 amide bonds. The lowest BCUT2D eigenvalue weighted by atomic mass is 9.79. The molecule has 0 radical (unpaired) electrons. The molecule has 3 aromatic carbocycles. The number of hydrogen-bond acceptors (Lipinski definition) is 4. The number of benzene rings is 3. The Kier molecular flexibility index (Phi) is 4.21. The Morgan fingerprint density at radius 2 is 1.63 bits per heavy atom. The van der Waals surface area contributed by atoms with E-state index in [1.54, 1.807) is 14.2 Å². The maximum absolute atomic E-state index is 11.9. The lowest BCUT2D eigenvalue weighted by Crippen LogP contribution is -2.34. The third-order valence-electron chi connectivity index (χ3n) is 6.45. The maximum Gasteiger partial charge on any atom is 0.224 e. The van der Waals surface area contributed by atoms with Gasteiger partial charge in [-0.1, -0.05) is 35.9 Å². The van der Waals surface area contributed by atoms with Gasteiger partial charge in [-0.15, -0.1) is 0 Å². The van der Waals surface area contributed by atoms with Crippen molar-refractivity contribution >= 4 is 0 Å². The smallest absolute Gasteiger partial charge is 0.224 e. The van der Waals surface area contributed by atoms with Crippen molar-refractivity contribution < 1.29 is 19.3 Å². The fraction of sp³-hybridized carbons (Fsp3) is 0.308. The number of fused-ring (bicyclic) bond motifs is 2. The van der Waals surface area contributed by atoms with Crippen molar-refractivity contribution in [1.82, 2.24) is 0 Å². The van der Waals surface area contributed by atoms with Crippen LogP contribution in [0.4, 0.5) is 0 Å². The van der Waals surface area contributed by atoms with Crippen LogP contribution in [0, 0.1) is 20.8 Å². The Morgan fingerprint density at radius 1 is 0.900 bits per heavy atom. The van der Waals surface area contributed by atoms with Crippen LogP contribution in [0.15, 0.2) is 48.5 Å². The SMILES string of the molecule is COc1cc(C)c2c(c1)[C@]1(O)O[C@@H]2[C@@H](c2ccc(C)cc2)c2cc(C)cc(OC)c21. The summed E-state index contributed by atoms with van der Waals surface area (Å²) in [5.41, 5.74) is 8.00. The minimum Gasteiger partial charge on any atom is -0.497 e. The predicted molar refractivity (Wildman–Crippen MR) is 115 cm³/mol. The molecule has 4 heteroatoms. The highest BCUT2D eigenvalue weighted by atomic mass is 16.6. The van der Waals surface area contributed by atoms with E-state index in [0.29, 0.717) is 17.1 Å². The largest absolute Gasteiger partial charge is 0.497 e. The molecule has 1 N–H and O–H groups in total. The second-order valence-corrected chi connectivity index (χ2v) is 8.41. The van der Waals surface area contributed by atoms with E-state index in [2.05, 4.69) is 44.2 Å². The number of aliphatic hydroxyl groups is 1. The average Bonchev–Trinajstić information content (AvgIpc) is 2.98. The van der Waals surface area contributed by atoms with Crippen molar-refractivity contribution in [2.45, 2.75) is 38.6 Å². The molecular formula is C26H26O4. The van der Waals surface area contributed by atoms with E-state index in [1.165, 1.54) is 5.56 Å². The second kappa shape index (κ2) is 6.59. The first-order valence-corrected chi connectivity index (χ1v) is 10.2. The molecule has 2 aliphatic rings. The highest BCUT2D eigenvalue weighted by molar-refractivity contribution is 5.63. The average molecular weight is 402 g/mol. The standard InChI is InChI=1S/C26H26O4/c1-14-6-8-17(9-7-14)23-19-10-15(2)11-21(29-5)24(19)26(27)20-13-18(28-4)12-16(3)22(20)25(23)30-26/h6-13,23,25,27H,1-5H3/t23-,25-,26-/m0/s1. The summed E-state index contributed by atoms with van der Waals surface area (Å²) in [4.78, 5) is 0. The van der Waals surface area contributed by atoms with Gasteiger partial charge in [0.25, 0.3) is 0 Å². The molecule has 2 bridgehead atoms. The van der Waals surface area contributed by atoms with E-state index < -0.39 is 5.79 Å². The molecule has 0 saturated carbocycles. The Labute approximate surface area is 177 Å². The summed E-state index contributed by atoms with van der Waals surface area (Å²) in [5.74, 6) is -0.288. The molecule has 5 rings (SSSR count). The minimum atomic E-state index is -1.57. The zero-order chi connectivity index (χ0) is 21.2. The highest BCUT2D eigenvalue weighted by Gasteiger charge is 2.56. The van der Waals surface area contributed by atoms with Crippen LogP contribution in [0.25, 0.3) is 0 Å². The van der Waals surface area contributed by atoms with Crippen LogP contribution in [0.2, 0.25) is 0 Å². The number of rotatable bonds is 3. The molecule has 0 unspecified atom stereocenters. The second-order valence-electron chi connectivity index (χ2n) is 8.41. The van der Waals surface area contributed by atoms with Crippen molar-refractivity contribution in [2.75, 3.05) is 14.2 Å². The van der Waals surface area contributed by atoms with Gasteiger partial charge in [0.1, 0.15) is 11.5 Å². The van der Waals surface area contributed by atoms with Crippen molar-refractivity contribution in [2.24, 2.45) is 0 Å². The van der Waals surface area contributed by atoms with Crippen LogP contribution >= 0.6 is 0 Å². The first kappa shape index (κ1) is 19.2. The first-order valence-electron chi connectivity index (χ1n) is 10.2. The summed E-state index contributed by atoms with van der Waals surface area (Å²) in [6.45, 7) is 6.19.